The first-order valence-electron chi connectivity index (χ1n) is 8.65. The van der Waals surface area contributed by atoms with Gasteiger partial charge in [-0.3, -0.25) is 9.69 Å². The highest BCUT2D eigenvalue weighted by Crippen LogP contribution is 2.28. The number of carbonyl (C=O) groups excluding carboxylic acids is 1. The molecule has 1 fully saturated rings. The molecule has 0 spiro atoms. The number of H-pyrrole nitrogens is 1. The lowest BCUT2D eigenvalue weighted by atomic mass is 10.2. The van der Waals surface area contributed by atoms with Crippen LogP contribution >= 0.6 is 0 Å². The molecule has 0 aliphatic carbocycles. The standard InChI is InChI=1S/C18H17F5N4O/c19-13-2-1-3-14(20)17(13)25-16(28)11-26-6-8-27(9-7-26)15-5-4-12(10-24-15)18(21,22)23/h1-5,10H,6-9,11H2,(H,25,28)/p+2. The highest BCUT2D eigenvalue weighted by molar-refractivity contribution is 5.91. The van der Waals surface area contributed by atoms with Crippen molar-refractivity contribution in [1.82, 2.24) is 0 Å². The molecule has 1 aliphatic heterocycles. The summed E-state index contributed by atoms with van der Waals surface area (Å²) in [4.78, 5) is 17.5. The van der Waals surface area contributed by atoms with E-state index in [1.165, 1.54) is 12.1 Å². The number of quaternary nitrogens is 1. The van der Waals surface area contributed by atoms with Crippen molar-refractivity contribution in [2.24, 2.45) is 0 Å². The summed E-state index contributed by atoms with van der Waals surface area (Å²) >= 11 is 0. The molecule has 10 heteroatoms. The van der Waals surface area contributed by atoms with E-state index >= 15 is 0 Å². The summed E-state index contributed by atoms with van der Waals surface area (Å²) in [6, 6.07) is 5.72. The Morgan fingerprint density at radius 3 is 2.29 bits per heavy atom. The molecule has 3 rings (SSSR count). The lowest BCUT2D eigenvalue weighted by molar-refractivity contribution is -0.892. The highest BCUT2D eigenvalue weighted by atomic mass is 19.4. The zero-order chi connectivity index (χ0) is 20.3. The highest BCUT2D eigenvalue weighted by Gasteiger charge is 2.33. The smallest absolute Gasteiger partial charge is 0.321 e. The molecule has 2 heterocycles. The van der Waals surface area contributed by atoms with Gasteiger partial charge in [0, 0.05) is 6.07 Å². The normalized spacial score (nSPS) is 15.5. The van der Waals surface area contributed by atoms with Gasteiger partial charge >= 0.3 is 6.18 Å². The summed E-state index contributed by atoms with van der Waals surface area (Å²) in [5.41, 5.74) is -1.22. The number of pyridine rings is 1. The number of nitrogens with zero attached hydrogens (tertiary/aromatic N) is 1. The Morgan fingerprint density at radius 1 is 1.11 bits per heavy atom. The number of hydrogen-bond donors (Lipinski definition) is 2. The summed E-state index contributed by atoms with van der Waals surface area (Å²) in [6.07, 6.45) is -3.48. The Labute approximate surface area is 157 Å². The summed E-state index contributed by atoms with van der Waals surface area (Å²) in [5, 5.41) is 2.25. The van der Waals surface area contributed by atoms with Crippen molar-refractivity contribution in [2.45, 2.75) is 6.18 Å². The molecule has 28 heavy (non-hydrogen) atoms. The Morgan fingerprint density at radius 2 is 1.75 bits per heavy atom. The largest absolute Gasteiger partial charge is 0.419 e. The van der Waals surface area contributed by atoms with Crippen molar-refractivity contribution in [3.05, 3.63) is 53.7 Å². The third kappa shape index (κ3) is 4.75. The van der Waals surface area contributed by atoms with E-state index in [-0.39, 0.29) is 6.54 Å². The van der Waals surface area contributed by atoms with Gasteiger partial charge in [0.2, 0.25) is 0 Å². The Hall–Kier alpha value is -2.75. The van der Waals surface area contributed by atoms with Crippen LogP contribution in [0.2, 0.25) is 0 Å². The molecule has 0 bridgehead atoms. The number of alkyl halides is 3. The molecule has 1 aliphatic rings. The second kappa shape index (κ2) is 8.09. The lowest BCUT2D eigenvalue weighted by Gasteiger charge is -2.28. The average Bonchev–Trinajstić information content (AvgIpc) is 2.65. The van der Waals surface area contributed by atoms with Gasteiger partial charge in [-0.15, -0.1) is 0 Å². The average molecular weight is 402 g/mol. The number of benzene rings is 1. The molecule has 5 nitrogen and oxygen atoms in total. The van der Waals surface area contributed by atoms with Gasteiger partial charge in [0.1, 0.15) is 49.7 Å². The molecule has 1 aromatic carbocycles. The first-order valence-corrected chi connectivity index (χ1v) is 8.65. The molecule has 0 atom stereocenters. The summed E-state index contributed by atoms with van der Waals surface area (Å²) in [7, 11) is 0. The number of hydrogen-bond acceptors (Lipinski definition) is 2. The lowest BCUT2D eigenvalue weighted by Crippen LogP contribution is -3.15. The van der Waals surface area contributed by atoms with E-state index in [0.717, 1.165) is 29.3 Å². The van der Waals surface area contributed by atoms with Gasteiger partial charge in [-0.05, 0) is 18.2 Å². The Kier molecular flexibility index (Phi) is 5.78. The van der Waals surface area contributed by atoms with Gasteiger partial charge in [0.15, 0.2) is 6.54 Å². The molecule has 3 N–H and O–H groups in total. The van der Waals surface area contributed by atoms with Crippen molar-refractivity contribution >= 4 is 17.4 Å². The maximum atomic E-state index is 13.6. The van der Waals surface area contributed by atoms with E-state index in [1.807, 2.05) is 4.90 Å². The third-order valence-corrected chi connectivity index (χ3v) is 4.57. The van der Waals surface area contributed by atoms with E-state index in [2.05, 4.69) is 10.3 Å². The third-order valence-electron chi connectivity index (χ3n) is 4.57. The molecule has 150 valence electrons. The van der Waals surface area contributed by atoms with E-state index in [9.17, 15) is 26.7 Å². The van der Waals surface area contributed by atoms with Gasteiger partial charge in [-0.25, -0.2) is 13.8 Å². The minimum atomic E-state index is -4.40. The number of amides is 1. The van der Waals surface area contributed by atoms with E-state index < -0.39 is 35.0 Å². The number of carbonyl (C=O) groups is 1. The zero-order valence-electron chi connectivity index (χ0n) is 14.7. The van der Waals surface area contributed by atoms with Gasteiger partial charge in [-0.2, -0.15) is 13.2 Å². The second-order valence-electron chi connectivity index (χ2n) is 6.52. The van der Waals surface area contributed by atoms with Crippen LogP contribution in [0.1, 0.15) is 5.56 Å². The topological polar surface area (TPSA) is 50.9 Å². The van der Waals surface area contributed by atoms with Gasteiger partial charge in [0.05, 0.1) is 5.56 Å². The maximum Gasteiger partial charge on any atom is 0.419 e. The van der Waals surface area contributed by atoms with Crippen LogP contribution in [0, 0.1) is 11.6 Å². The fourth-order valence-electron chi connectivity index (χ4n) is 3.06. The van der Waals surface area contributed by atoms with Crippen LogP contribution in [-0.2, 0) is 11.0 Å². The number of piperazine rings is 1. The van der Waals surface area contributed by atoms with Crippen molar-refractivity contribution < 1.29 is 36.6 Å². The monoisotopic (exact) mass is 402 g/mol. The summed E-state index contributed by atoms with van der Waals surface area (Å²) in [5.74, 6) is -1.63. The van der Waals surface area contributed by atoms with Crippen LogP contribution in [0.5, 0.6) is 0 Å². The Balaban J connectivity index is 1.52. The predicted octanol–water partition coefficient (Wildman–Crippen LogP) is 1.14. The van der Waals surface area contributed by atoms with E-state index in [4.69, 9.17) is 0 Å². The molecule has 0 radical (unpaired) electrons. The van der Waals surface area contributed by atoms with Crippen LogP contribution < -0.4 is 20.1 Å². The molecule has 1 amide bonds. The molecular formula is C18H19F5N4O+2. The number of aromatic nitrogens is 1. The van der Waals surface area contributed by atoms with E-state index in [0.29, 0.717) is 32.0 Å². The molecular weight excluding hydrogens is 383 g/mol. The van der Waals surface area contributed by atoms with E-state index in [1.54, 1.807) is 0 Å². The molecule has 1 aromatic heterocycles. The number of nitrogens with one attached hydrogen (secondary N) is 3. The quantitative estimate of drug-likeness (QED) is 0.754. The zero-order valence-corrected chi connectivity index (χ0v) is 14.7. The first kappa shape index (κ1) is 20.0. The molecule has 2 aromatic rings. The maximum absolute atomic E-state index is 13.6. The first-order chi connectivity index (χ1) is 13.2. The summed E-state index contributed by atoms with van der Waals surface area (Å²) < 4.78 is 65.0. The second-order valence-corrected chi connectivity index (χ2v) is 6.52. The van der Waals surface area contributed by atoms with Crippen molar-refractivity contribution in [3.8, 4) is 0 Å². The molecule has 0 unspecified atom stereocenters. The minimum Gasteiger partial charge on any atom is -0.321 e. The van der Waals surface area contributed by atoms with Gasteiger partial charge in [-0.1, -0.05) is 6.07 Å². The van der Waals surface area contributed by atoms with Crippen LogP contribution in [0.4, 0.5) is 33.5 Å². The van der Waals surface area contributed by atoms with Crippen LogP contribution in [0.15, 0.2) is 36.5 Å². The Bertz CT molecular complexity index is 813. The summed E-state index contributed by atoms with van der Waals surface area (Å²) in [6.45, 7) is 2.21. The molecule has 1 saturated heterocycles. The number of halogens is 5. The van der Waals surface area contributed by atoms with Crippen molar-refractivity contribution in [1.29, 1.82) is 0 Å². The van der Waals surface area contributed by atoms with Crippen LogP contribution in [0.3, 0.4) is 0 Å². The van der Waals surface area contributed by atoms with Crippen molar-refractivity contribution in [3.63, 3.8) is 0 Å². The fourth-order valence-corrected chi connectivity index (χ4v) is 3.06. The number of aromatic amines is 1. The predicted molar refractivity (Wildman–Crippen MR) is 90.8 cm³/mol. The minimum absolute atomic E-state index is 0.0400. The number of rotatable bonds is 4. The molecule has 0 saturated carbocycles. The van der Waals surface area contributed by atoms with Gasteiger partial charge in [0.25, 0.3) is 11.7 Å². The number of para-hydroxylation sites is 1. The number of anilines is 2. The SMILES string of the molecule is O=C(C[NH+]1CCN(c2ccc(C(F)(F)F)c[nH+]2)CC1)Nc1c(F)cccc1F. The van der Waals surface area contributed by atoms with Crippen molar-refractivity contribution in [2.75, 3.05) is 42.9 Å². The van der Waals surface area contributed by atoms with Crippen LogP contribution in [-0.4, -0.2) is 38.6 Å². The van der Waals surface area contributed by atoms with Crippen LogP contribution in [0.25, 0.3) is 0 Å². The fraction of sp³-hybridized carbons (Fsp3) is 0.333. The van der Waals surface area contributed by atoms with Gasteiger partial charge < -0.3 is 10.2 Å².